The molecule has 7 aromatic carbocycles. The lowest BCUT2D eigenvalue weighted by Gasteiger charge is -2.14. The van der Waals surface area contributed by atoms with Crippen LogP contribution in [0.25, 0.3) is 82.2 Å². The molecule has 0 spiro atoms. The minimum absolute atomic E-state index is 0.838. The molecule has 0 aliphatic carbocycles. The summed E-state index contributed by atoms with van der Waals surface area (Å²) in [5.41, 5.74) is 5.93. The number of fused-ring (bicyclic) bond motifs is 10. The lowest BCUT2D eigenvalue weighted by molar-refractivity contribution is 1.08. The van der Waals surface area contributed by atoms with Gasteiger partial charge in [-0.2, -0.15) is 0 Å². The van der Waals surface area contributed by atoms with Crippen LogP contribution < -0.4 is 0 Å². The molecular formula is C38H23N3. The Balaban J connectivity index is 1.51. The fourth-order valence-electron chi connectivity index (χ4n) is 6.54. The van der Waals surface area contributed by atoms with Gasteiger partial charge in [-0.05, 0) is 51.2 Å². The molecule has 0 amide bonds. The highest BCUT2D eigenvalue weighted by molar-refractivity contribution is 6.32. The second kappa shape index (κ2) is 8.48. The first-order chi connectivity index (χ1) is 20.3. The maximum atomic E-state index is 5.29. The van der Waals surface area contributed by atoms with Crippen molar-refractivity contribution in [3.05, 3.63) is 140 Å². The Kier molecular flexibility index (Phi) is 4.61. The SMILES string of the molecule is c1ccc(-c2nc3ccccc3nc2-n2c3ccccc3c3c4c(ccc5ccc6ccccc6c54)ccc32)cc1. The third-order valence-corrected chi connectivity index (χ3v) is 8.34. The van der Waals surface area contributed by atoms with Crippen molar-refractivity contribution >= 4 is 65.2 Å². The third kappa shape index (κ3) is 3.20. The standard InChI is InChI=1S/C38H23N3/c1-2-11-27(12-3-1)37-38(40-31-16-8-7-15-30(31)39-37)41-32-17-9-6-14-29(32)36-33(41)23-22-26-21-20-25-19-18-24-10-4-5-13-28(24)34(25)35(26)36/h1-23H. The fourth-order valence-corrected chi connectivity index (χ4v) is 6.54. The summed E-state index contributed by atoms with van der Waals surface area (Å²) in [5, 5.41) is 10.0. The molecule has 190 valence electrons. The summed E-state index contributed by atoms with van der Waals surface area (Å²) in [4.78, 5) is 10.5. The highest BCUT2D eigenvalue weighted by Gasteiger charge is 2.21. The van der Waals surface area contributed by atoms with Crippen molar-refractivity contribution in [3.8, 4) is 17.1 Å². The Labute approximate surface area is 235 Å². The number of rotatable bonds is 2. The van der Waals surface area contributed by atoms with Gasteiger partial charge >= 0.3 is 0 Å². The molecule has 0 bridgehead atoms. The minimum Gasteiger partial charge on any atom is -0.292 e. The topological polar surface area (TPSA) is 30.7 Å². The summed E-state index contributed by atoms with van der Waals surface area (Å²) in [6, 6.07) is 49.4. The van der Waals surface area contributed by atoms with Crippen LogP contribution in [0.15, 0.2) is 140 Å². The molecule has 2 aromatic heterocycles. The molecular weight excluding hydrogens is 498 g/mol. The quantitative estimate of drug-likeness (QED) is 0.212. The maximum Gasteiger partial charge on any atom is 0.165 e. The van der Waals surface area contributed by atoms with Gasteiger partial charge in [0.05, 0.1) is 22.1 Å². The Bertz CT molecular complexity index is 2470. The summed E-state index contributed by atoms with van der Waals surface area (Å²) in [6.45, 7) is 0. The largest absolute Gasteiger partial charge is 0.292 e. The van der Waals surface area contributed by atoms with Crippen molar-refractivity contribution in [1.29, 1.82) is 0 Å². The Morgan fingerprint density at radius 1 is 0.390 bits per heavy atom. The smallest absolute Gasteiger partial charge is 0.165 e. The molecule has 0 unspecified atom stereocenters. The summed E-state index contributed by atoms with van der Waals surface area (Å²) in [6.07, 6.45) is 0. The molecule has 3 heteroatoms. The molecule has 2 heterocycles. The first kappa shape index (κ1) is 22.3. The van der Waals surface area contributed by atoms with Crippen molar-refractivity contribution in [1.82, 2.24) is 14.5 Å². The zero-order chi connectivity index (χ0) is 26.9. The van der Waals surface area contributed by atoms with E-state index in [-0.39, 0.29) is 0 Å². The Hall–Kier alpha value is -5.54. The molecule has 41 heavy (non-hydrogen) atoms. The van der Waals surface area contributed by atoms with Crippen molar-refractivity contribution in [2.75, 3.05) is 0 Å². The first-order valence-electron chi connectivity index (χ1n) is 13.9. The predicted molar refractivity (Wildman–Crippen MR) is 172 cm³/mol. The van der Waals surface area contributed by atoms with Crippen LogP contribution in [0.1, 0.15) is 0 Å². The second-order valence-corrected chi connectivity index (χ2v) is 10.6. The van der Waals surface area contributed by atoms with Crippen molar-refractivity contribution < 1.29 is 0 Å². The zero-order valence-electron chi connectivity index (χ0n) is 22.1. The van der Waals surface area contributed by atoms with Gasteiger partial charge in [0, 0.05) is 21.7 Å². The fraction of sp³-hybridized carbons (Fsp3) is 0. The molecule has 0 atom stereocenters. The number of para-hydroxylation sites is 3. The van der Waals surface area contributed by atoms with Gasteiger partial charge in [-0.3, -0.25) is 4.57 Å². The van der Waals surface area contributed by atoms with E-state index >= 15 is 0 Å². The van der Waals surface area contributed by atoms with Gasteiger partial charge in [-0.25, -0.2) is 9.97 Å². The molecule has 0 saturated heterocycles. The van der Waals surface area contributed by atoms with Crippen LogP contribution in [0, 0.1) is 0 Å². The van der Waals surface area contributed by atoms with Crippen molar-refractivity contribution in [3.63, 3.8) is 0 Å². The van der Waals surface area contributed by atoms with Gasteiger partial charge in [0.1, 0.15) is 5.69 Å². The van der Waals surface area contributed by atoms with Crippen molar-refractivity contribution in [2.45, 2.75) is 0 Å². The minimum atomic E-state index is 0.838. The average Bonchev–Trinajstić information content (AvgIpc) is 3.38. The van der Waals surface area contributed by atoms with E-state index < -0.39 is 0 Å². The molecule has 9 rings (SSSR count). The predicted octanol–water partition coefficient (Wildman–Crippen LogP) is 9.85. The number of benzene rings is 7. The average molecular weight is 522 g/mol. The van der Waals surface area contributed by atoms with E-state index in [0.29, 0.717) is 0 Å². The number of hydrogen-bond acceptors (Lipinski definition) is 2. The molecule has 0 radical (unpaired) electrons. The summed E-state index contributed by atoms with van der Waals surface area (Å²) in [7, 11) is 0. The Morgan fingerprint density at radius 2 is 1.00 bits per heavy atom. The maximum absolute atomic E-state index is 5.29. The normalized spacial score (nSPS) is 11.9. The number of hydrogen-bond donors (Lipinski definition) is 0. The number of nitrogens with zero attached hydrogens (tertiary/aromatic N) is 3. The molecule has 3 nitrogen and oxygen atoms in total. The van der Waals surface area contributed by atoms with E-state index in [4.69, 9.17) is 9.97 Å². The summed E-state index contributed by atoms with van der Waals surface area (Å²) >= 11 is 0. The monoisotopic (exact) mass is 521 g/mol. The number of aromatic nitrogens is 3. The van der Waals surface area contributed by atoms with Gasteiger partial charge < -0.3 is 0 Å². The Morgan fingerprint density at radius 3 is 1.83 bits per heavy atom. The van der Waals surface area contributed by atoms with E-state index in [1.165, 1.54) is 43.1 Å². The van der Waals surface area contributed by atoms with E-state index in [0.717, 1.165) is 39.1 Å². The van der Waals surface area contributed by atoms with Crippen LogP contribution in [0.4, 0.5) is 0 Å². The van der Waals surface area contributed by atoms with Gasteiger partial charge in [-0.15, -0.1) is 0 Å². The van der Waals surface area contributed by atoms with Crippen LogP contribution in [0.3, 0.4) is 0 Å². The van der Waals surface area contributed by atoms with Crippen LogP contribution in [0.2, 0.25) is 0 Å². The van der Waals surface area contributed by atoms with Crippen LogP contribution in [-0.2, 0) is 0 Å². The third-order valence-electron chi connectivity index (χ3n) is 8.34. The van der Waals surface area contributed by atoms with E-state index in [2.05, 4.69) is 114 Å². The van der Waals surface area contributed by atoms with Gasteiger partial charge in [0.15, 0.2) is 5.82 Å². The van der Waals surface area contributed by atoms with E-state index in [1.807, 2.05) is 30.3 Å². The van der Waals surface area contributed by atoms with Gasteiger partial charge in [0.2, 0.25) is 0 Å². The molecule has 0 saturated carbocycles. The summed E-state index contributed by atoms with van der Waals surface area (Å²) < 4.78 is 2.32. The molecule has 0 aliphatic heterocycles. The van der Waals surface area contributed by atoms with Crippen LogP contribution in [0.5, 0.6) is 0 Å². The molecule has 0 N–H and O–H groups in total. The zero-order valence-corrected chi connectivity index (χ0v) is 22.1. The van der Waals surface area contributed by atoms with E-state index in [9.17, 15) is 0 Å². The molecule has 0 fully saturated rings. The van der Waals surface area contributed by atoms with Crippen LogP contribution in [-0.4, -0.2) is 14.5 Å². The van der Waals surface area contributed by atoms with Gasteiger partial charge in [-0.1, -0.05) is 115 Å². The van der Waals surface area contributed by atoms with Crippen LogP contribution >= 0.6 is 0 Å². The lowest BCUT2D eigenvalue weighted by atomic mass is 9.94. The molecule has 9 aromatic rings. The second-order valence-electron chi connectivity index (χ2n) is 10.6. The highest BCUT2D eigenvalue weighted by atomic mass is 15.1. The van der Waals surface area contributed by atoms with Gasteiger partial charge in [0.25, 0.3) is 0 Å². The van der Waals surface area contributed by atoms with E-state index in [1.54, 1.807) is 0 Å². The summed E-state index contributed by atoms with van der Waals surface area (Å²) in [5.74, 6) is 0.838. The first-order valence-corrected chi connectivity index (χ1v) is 13.9. The molecule has 0 aliphatic rings. The highest BCUT2D eigenvalue weighted by Crippen LogP contribution is 2.42. The lowest BCUT2D eigenvalue weighted by Crippen LogP contribution is -2.03. The van der Waals surface area contributed by atoms with Crippen molar-refractivity contribution in [2.24, 2.45) is 0 Å².